The van der Waals surface area contributed by atoms with Gasteiger partial charge in [-0.05, 0) is 33.0 Å². The lowest BCUT2D eigenvalue weighted by Crippen LogP contribution is -2.46. The smallest absolute Gasteiger partial charge is 0.330 e. The second kappa shape index (κ2) is 8.17. The maximum atomic E-state index is 11.8. The van der Waals surface area contributed by atoms with E-state index in [0.717, 1.165) is 11.3 Å². The quantitative estimate of drug-likeness (QED) is 0.309. The number of amides is 2. The first kappa shape index (κ1) is 18.5. The lowest BCUT2D eigenvalue weighted by Gasteiger charge is -2.20. The van der Waals surface area contributed by atoms with Crippen LogP contribution in [0, 0.1) is 3.95 Å². The molecule has 0 unspecified atom stereocenters. The fourth-order valence-electron chi connectivity index (χ4n) is 1.16. The van der Waals surface area contributed by atoms with Crippen molar-refractivity contribution in [1.29, 1.82) is 0 Å². The summed E-state index contributed by atoms with van der Waals surface area (Å²) in [5.41, 5.74) is -0.542. The summed E-state index contributed by atoms with van der Waals surface area (Å²) in [7, 11) is 1.21. The van der Waals surface area contributed by atoms with E-state index in [9.17, 15) is 9.59 Å². The van der Waals surface area contributed by atoms with Gasteiger partial charge in [-0.15, -0.1) is 5.10 Å². The normalized spacial score (nSPS) is 12.5. The molecule has 9 nitrogen and oxygen atoms in total. The van der Waals surface area contributed by atoms with E-state index in [1.54, 1.807) is 20.8 Å². The molecule has 0 fully saturated rings. The molecule has 1 rings (SSSR count). The molecule has 0 radical (unpaired) electrons. The number of esters is 1. The standard InChI is InChI=1S/C11H18N4O5S2/c1-11(2,3)20-19-5-6(7(16)18-4)12-8(17)13-9-14-15-10(21)22-9/h6H,5H2,1-4H3,(H,15,21)(H2,12,13,14,17)/t6-/m0/s1. The van der Waals surface area contributed by atoms with Gasteiger partial charge >= 0.3 is 12.0 Å². The van der Waals surface area contributed by atoms with Gasteiger partial charge in [-0.3, -0.25) is 10.4 Å². The predicted molar refractivity (Wildman–Crippen MR) is 82.0 cm³/mol. The molecule has 1 heterocycles. The zero-order valence-corrected chi connectivity index (χ0v) is 14.2. The molecular weight excluding hydrogens is 332 g/mol. The number of anilines is 1. The molecule has 0 aliphatic carbocycles. The minimum Gasteiger partial charge on any atom is -0.467 e. The van der Waals surface area contributed by atoms with E-state index in [1.807, 2.05) is 0 Å². The summed E-state index contributed by atoms with van der Waals surface area (Å²) in [4.78, 5) is 33.4. The average Bonchev–Trinajstić information content (AvgIpc) is 2.80. The van der Waals surface area contributed by atoms with Crippen molar-refractivity contribution < 1.29 is 24.1 Å². The molecule has 0 aliphatic heterocycles. The van der Waals surface area contributed by atoms with Crippen LogP contribution in [-0.2, 0) is 19.3 Å². The molecule has 0 saturated heterocycles. The van der Waals surface area contributed by atoms with E-state index in [4.69, 9.17) is 22.0 Å². The van der Waals surface area contributed by atoms with E-state index in [-0.39, 0.29) is 11.7 Å². The van der Waals surface area contributed by atoms with Gasteiger partial charge in [-0.1, -0.05) is 11.3 Å². The van der Waals surface area contributed by atoms with Gasteiger partial charge in [0.15, 0.2) is 10.00 Å². The molecule has 1 atom stereocenters. The summed E-state index contributed by atoms with van der Waals surface area (Å²) in [5.74, 6) is -0.665. The topological polar surface area (TPSA) is 115 Å². The Morgan fingerprint density at radius 3 is 2.64 bits per heavy atom. The van der Waals surface area contributed by atoms with Crippen molar-refractivity contribution in [1.82, 2.24) is 15.5 Å². The molecule has 11 heteroatoms. The van der Waals surface area contributed by atoms with Crippen LogP contribution < -0.4 is 10.6 Å². The van der Waals surface area contributed by atoms with Crippen molar-refractivity contribution >= 4 is 40.7 Å². The number of nitrogens with one attached hydrogen (secondary N) is 3. The van der Waals surface area contributed by atoms with Gasteiger partial charge in [-0.2, -0.15) is 0 Å². The number of rotatable bonds is 6. The van der Waals surface area contributed by atoms with Crippen molar-refractivity contribution in [3.8, 4) is 0 Å². The molecule has 0 spiro atoms. The van der Waals surface area contributed by atoms with Gasteiger partial charge in [0.25, 0.3) is 0 Å². The summed E-state index contributed by atoms with van der Waals surface area (Å²) in [6.45, 7) is 5.15. The van der Waals surface area contributed by atoms with E-state index in [0.29, 0.717) is 3.95 Å². The van der Waals surface area contributed by atoms with Gasteiger partial charge in [0.05, 0.1) is 12.7 Å². The Kier molecular flexibility index (Phi) is 6.87. The summed E-state index contributed by atoms with van der Waals surface area (Å²) in [6, 6.07) is -1.67. The number of carbonyl (C=O) groups excluding carboxylic acids is 2. The number of ether oxygens (including phenoxy) is 1. The third-order valence-corrected chi connectivity index (χ3v) is 3.00. The maximum Gasteiger partial charge on any atom is 0.330 e. The number of carbonyl (C=O) groups is 2. The highest BCUT2D eigenvalue weighted by molar-refractivity contribution is 7.73. The number of aromatic amines is 1. The fourth-order valence-corrected chi connectivity index (χ4v) is 1.95. The Hall–Kier alpha value is -1.56. The molecule has 0 saturated carbocycles. The van der Waals surface area contributed by atoms with E-state index >= 15 is 0 Å². The number of urea groups is 1. The van der Waals surface area contributed by atoms with Crippen LogP contribution in [0.1, 0.15) is 20.8 Å². The molecule has 124 valence electrons. The molecule has 0 aromatic carbocycles. The molecule has 1 aromatic rings. The number of H-pyrrole nitrogens is 1. The molecular formula is C11H18N4O5S2. The van der Waals surface area contributed by atoms with Crippen LogP contribution in [0.4, 0.5) is 9.93 Å². The Morgan fingerprint density at radius 2 is 2.14 bits per heavy atom. The van der Waals surface area contributed by atoms with E-state index in [2.05, 4.69) is 25.6 Å². The third-order valence-electron chi connectivity index (χ3n) is 1.99. The summed E-state index contributed by atoms with van der Waals surface area (Å²) < 4.78 is 5.02. The molecule has 22 heavy (non-hydrogen) atoms. The van der Waals surface area contributed by atoms with Crippen molar-refractivity contribution in [2.24, 2.45) is 0 Å². The second-order valence-electron chi connectivity index (χ2n) is 5.07. The van der Waals surface area contributed by atoms with E-state index < -0.39 is 23.6 Å². The van der Waals surface area contributed by atoms with Crippen LogP contribution >= 0.6 is 23.6 Å². The second-order valence-corrected chi connectivity index (χ2v) is 6.74. The molecule has 1 aromatic heterocycles. The lowest BCUT2D eigenvalue weighted by atomic mass is 10.2. The maximum absolute atomic E-state index is 11.8. The molecule has 3 N–H and O–H groups in total. The summed E-state index contributed by atoms with van der Waals surface area (Å²) >= 11 is 5.93. The first-order chi connectivity index (χ1) is 10.2. The van der Waals surface area contributed by atoms with Crippen LogP contribution in [0.15, 0.2) is 0 Å². The Morgan fingerprint density at radius 1 is 1.45 bits per heavy atom. The SMILES string of the molecule is COC(=O)[C@H](COOC(C)(C)C)NC(=O)Nc1n[nH]c(=S)s1. The first-order valence-corrected chi connectivity index (χ1v) is 7.45. The lowest BCUT2D eigenvalue weighted by molar-refractivity contribution is -0.349. The summed E-state index contributed by atoms with van der Waals surface area (Å²) in [5, 5.41) is 11.4. The van der Waals surface area contributed by atoms with Crippen LogP contribution in [0.2, 0.25) is 0 Å². The van der Waals surface area contributed by atoms with Crippen molar-refractivity contribution in [3.05, 3.63) is 3.95 Å². The van der Waals surface area contributed by atoms with Crippen LogP contribution in [0.25, 0.3) is 0 Å². The number of hydrogen-bond acceptors (Lipinski definition) is 8. The highest BCUT2D eigenvalue weighted by atomic mass is 32.1. The third kappa shape index (κ3) is 6.93. The highest BCUT2D eigenvalue weighted by Crippen LogP contribution is 2.10. The van der Waals surface area contributed by atoms with Crippen LogP contribution in [0.3, 0.4) is 0 Å². The van der Waals surface area contributed by atoms with Gasteiger partial charge in [0.1, 0.15) is 6.61 Å². The van der Waals surface area contributed by atoms with Crippen LogP contribution in [0.5, 0.6) is 0 Å². The minimum atomic E-state index is -1.03. The van der Waals surface area contributed by atoms with E-state index in [1.165, 1.54) is 7.11 Å². The molecule has 0 aliphatic rings. The van der Waals surface area contributed by atoms with Gasteiger partial charge < -0.3 is 10.1 Å². The molecule has 0 bridgehead atoms. The largest absolute Gasteiger partial charge is 0.467 e. The number of methoxy groups -OCH3 is 1. The van der Waals surface area contributed by atoms with Crippen molar-refractivity contribution in [3.63, 3.8) is 0 Å². The monoisotopic (exact) mass is 350 g/mol. The average molecular weight is 350 g/mol. The number of nitrogens with zero attached hydrogens (tertiary/aromatic N) is 1. The molecule has 2 amide bonds. The first-order valence-electron chi connectivity index (χ1n) is 6.23. The number of aromatic nitrogens is 2. The predicted octanol–water partition coefficient (Wildman–Crippen LogP) is 1.61. The Labute approximate surface area is 136 Å². The Balaban J connectivity index is 2.54. The van der Waals surface area contributed by atoms with Gasteiger partial charge in [-0.25, -0.2) is 19.4 Å². The minimum absolute atomic E-state index is 0.201. The fraction of sp³-hybridized carbons (Fsp3) is 0.636. The Bertz CT molecular complexity index is 565. The van der Waals surface area contributed by atoms with Crippen molar-refractivity contribution in [2.45, 2.75) is 32.4 Å². The summed E-state index contributed by atoms with van der Waals surface area (Å²) in [6.07, 6.45) is 0. The van der Waals surface area contributed by atoms with Crippen molar-refractivity contribution in [2.75, 3.05) is 19.0 Å². The zero-order valence-electron chi connectivity index (χ0n) is 12.6. The van der Waals surface area contributed by atoms with Gasteiger partial charge in [0.2, 0.25) is 5.13 Å². The van der Waals surface area contributed by atoms with Crippen LogP contribution in [-0.4, -0.2) is 47.6 Å². The zero-order chi connectivity index (χ0) is 16.8. The van der Waals surface area contributed by atoms with Gasteiger partial charge in [0, 0.05) is 0 Å². The number of hydrogen-bond donors (Lipinski definition) is 3. The highest BCUT2D eigenvalue weighted by Gasteiger charge is 2.24.